The zero-order chi connectivity index (χ0) is 32.4. The molecule has 1 aliphatic heterocycles. The molecule has 0 aromatic heterocycles. The van der Waals surface area contributed by atoms with Gasteiger partial charge in [-0.3, -0.25) is 9.59 Å². The fraction of sp³-hybridized carbons (Fsp3) is 0.676. The van der Waals surface area contributed by atoms with Crippen molar-refractivity contribution in [3.63, 3.8) is 0 Å². The highest BCUT2D eigenvalue weighted by Gasteiger charge is 2.67. The summed E-state index contributed by atoms with van der Waals surface area (Å²) in [6.07, 6.45) is -4.09. The maximum absolute atomic E-state index is 14.1. The number of Topliss-reactive ketones (excluding diaryl/α,β-unsaturated/α-hetero) is 1. The molecule has 10 heteroatoms. The predicted molar refractivity (Wildman–Crippen MR) is 160 cm³/mol. The molecule has 0 spiro atoms. The molecule has 3 fully saturated rings. The molecular formula is C34H47NO9. The number of benzene rings is 1. The number of hydrogen-bond donors (Lipinski definition) is 4. The van der Waals surface area contributed by atoms with E-state index in [4.69, 9.17) is 14.2 Å². The zero-order valence-electron chi connectivity index (χ0n) is 26.8. The molecular weight excluding hydrogens is 566 g/mol. The average molecular weight is 614 g/mol. The van der Waals surface area contributed by atoms with E-state index in [-0.39, 0.29) is 31.3 Å². The summed E-state index contributed by atoms with van der Waals surface area (Å²) in [6.45, 7) is 12.7. The summed E-state index contributed by atoms with van der Waals surface area (Å²) >= 11 is 0. The smallest absolute Gasteiger partial charge is 0.408 e. The number of rotatable bonds is 5. The van der Waals surface area contributed by atoms with E-state index >= 15 is 0 Å². The van der Waals surface area contributed by atoms with Crippen molar-refractivity contribution in [3.8, 4) is 0 Å². The highest BCUT2D eigenvalue weighted by Crippen LogP contribution is 2.61. The number of alkyl carbamates (subject to hydrolysis) is 1. The van der Waals surface area contributed by atoms with Crippen molar-refractivity contribution in [1.82, 2.24) is 5.32 Å². The molecule has 5 rings (SSSR count). The Hall–Kier alpha value is -2.79. The number of ketones is 1. The Labute approximate surface area is 259 Å². The number of hydrogen-bond acceptors (Lipinski definition) is 9. The number of aliphatic hydroxyl groups excluding tert-OH is 2. The zero-order valence-corrected chi connectivity index (χ0v) is 26.8. The minimum Gasteiger partial charge on any atom is -0.458 e. The molecule has 4 N–H and O–H groups in total. The van der Waals surface area contributed by atoms with Crippen LogP contribution in [-0.4, -0.2) is 75.4 Å². The van der Waals surface area contributed by atoms with Crippen LogP contribution in [0.3, 0.4) is 0 Å². The highest BCUT2D eigenvalue weighted by atomic mass is 16.6. The predicted octanol–water partition coefficient (Wildman–Crippen LogP) is 3.77. The standard InChI is InChI=1S/C34H47NO9/c1-18-24(43-26(37)13-22(19-11-9-8-10-12-19)35-30(40)44-31(2,3)4)16-34(41)15-21-20-17-42-23(20)14-25(36)33(21,7)29(39)28(38)27(18)32(34,5)6/h8-12,20-25,28,36,38,41H,13-17H2,1-7H3,(H,35,40)/t20-,21?,22+,23+,24-,25-,28+,33-,34-/m0/s1. The quantitative estimate of drug-likeness (QED) is 0.287. The van der Waals surface area contributed by atoms with Crippen LogP contribution in [0.4, 0.5) is 4.79 Å². The third-order valence-corrected chi connectivity index (χ3v) is 10.8. The summed E-state index contributed by atoms with van der Waals surface area (Å²) in [6, 6.07) is 8.28. The third kappa shape index (κ3) is 5.48. The normalized spacial score (nSPS) is 36.9. The third-order valence-electron chi connectivity index (χ3n) is 10.8. The largest absolute Gasteiger partial charge is 0.458 e. The number of carbonyl (C=O) groups excluding carboxylic acids is 3. The van der Waals surface area contributed by atoms with Crippen LogP contribution in [0.1, 0.15) is 85.8 Å². The SMILES string of the molecule is CC1=C2[C@@H](O)C(=O)[C@@]3(C)C(C[C@](O)(C[C@@H]1OC(=O)C[C@@H](NC(=O)OC(C)(C)C)c1ccccc1)C2(C)C)[C@@H]1CO[C@@H]1C[C@@H]3O. The molecule has 2 bridgehead atoms. The van der Waals surface area contributed by atoms with Crippen LogP contribution in [-0.2, 0) is 23.8 Å². The van der Waals surface area contributed by atoms with Gasteiger partial charge < -0.3 is 34.8 Å². The van der Waals surface area contributed by atoms with Gasteiger partial charge in [-0.15, -0.1) is 0 Å². The molecule has 9 atom stereocenters. The minimum atomic E-state index is -1.59. The maximum Gasteiger partial charge on any atom is 0.408 e. The fourth-order valence-electron chi connectivity index (χ4n) is 8.04. The van der Waals surface area contributed by atoms with Crippen LogP contribution < -0.4 is 5.32 Å². The molecule has 1 amide bonds. The first-order chi connectivity index (χ1) is 20.4. The van der Waals surface area contributed by atoms with Crippen molar-refractivity contribution in [2.24, 2.45) is 22.7 Å². The van der Waals surface area contributed by atoms with Gasteiger partial charge in [0.15, 0.2) is 5.78 Å². The van der Waals surface area contributed by atoms with Gasteiger partial charge in [-0.1, -0.05) is 44.2 Å². The Bertz CT molecular complexity index is 1330. The van der Waals surface area contributed by atoms with Crippen molar-refractivity contribution in [3.05, 3.63) is 47.0 Å². The lowest BCUT2D eigenvalue weighted by atomic mass is 9.47. The second-order valence-electron chi connectivity index (χ2n) is 14.9. The lowest BCUT2D eigenvalue weighted by molar-refractivity contribution is -0.243. The highest BCUT2D eigenvalue weighted by molar-refractivity contribution is 5.93. The molecule has 10 nitrogen and oxygen atoms in total. The molecule has 242 valence electrons. The number of aliphatic hydroxyl groups is 3. The second-order valence-corrected chi connectivity index (χ2v) is 14.9. The number of nitrogens with one attached hydrogen (secondary N) is 1. The van der Waals surface area contributed by atoms with Crippen molar-refractivity contribution in [2.45, 2.75) is 116 Å². The van der Waals surface area contributed by atoms with E-state index in [0.717, 1.165) is 0 Å². The van der Waals surface area contributed by atoms with E-state index in [1.54, 1.807) is 58.9 Å². The second kappa shape index (κ2) is 11.2. The van der Waals surface area contributed by atoms with Gasteiger partial charge >= 0.3 is 12.1 Å². The summed E-state index contributed by atoms with van der Waals surface area (Å²) < 4.78 is 17.1. The topological polar surface area (TPSA) is 152 Å². The van der Waals surface area contributed by atoms with Gasteiger partial charge in [0.05, 0.1) is 42.3 Å². The molecule has 4 aliphatic rings. The van der Waals surface area contributed by atoms with Gasteiger partial charge in [0.25, 0.3) is 0 Å². The Kier molecular flexibility index (Phi) is 8.32. The van der Waals surface area contributed by atoms with E-state index in [1.807, 2.05) is 19.9 Å². The Morgan fingerprint density at radius 3 is 2.36 bits per heavy atom. The first-order valence-electron chi connectivity index (χ1n) is 15.6. The fourth-order valence-corrected chi connectivity index (χ4v) is 8.04. The van der Waals surface area contributed by atoms with E-state index in [1.165, 1.54) is 0 Å². The Balaban J connectivity index is 1.45. The van der Waals surface area contributed by atoms with Crippen LogP contribution in [0, 0.1) is 22.7 Å². The van der Waals surface area contributed by atoms with E-state index in [2.05, 4.69) is 5.32 Å². The average Bonchev–Trinajstić information content (AvgIpc) is 2.90. The monoisotopic (exact) mass is 613 g/mol. The molecule has 1 unspecified atom stereocenters. The molecule has 44 heavy (non-hydrogen) atoms. The molecule has 0 radical (unpaired) electrons. The van der Waals surface area contributed by atoms with Crippen molar-refractivity contribution < 1.29 is 43.9 Å². The van der Waals surface area contributed by atoms with Crippen LogP contribution in [0.5, 0.6) is 0 Å². The first-order valence-corrected chi connectivity index (χ1v) is 15.6. The van der Waals surface area contributed by atoms with Gasteiger partial charge in [-0.25, -0.2) is 4.79 Å². The minimum absolute atomic E-state index is 0.0421. The summed E-state index contributed by atoms with van der Waals surface area (Å²) in [7, 11) is 0. The van der Waals surface area contributed by atoms with Crippen LogP contribution in [0.15, 0.2) is 41.5 Å². The van der Waals surface area contributed by atoms with Gasteiger partial charge in [0.1, 0.15) is 17.8 Å². The van der Waals surface area contributed by atoms with Gasteiger partial charge in [0, 0.05) is 24.2 Å². The summed E-state index contributed by atoms with van der Waals surface area (Å²) in [4.78, 5) is 40.3. The van der Waals surface area contributed by atoms with E-state index in [9.17, 15) is 29.7 Å². The van der Waals surface area contributed by atoms with Crippen molar-refractivity contribution >= 4 is 17.8 Å². The van der Waals surface area contributed by atoms with Gasteiger partial charge in [0.2, 0.25) is 0 Å². The van der Waals surface area contributed by atoms with Gasteiger partial charge in [-0.05, 0) is 63.7 Å². The number of amides is 1. The van der Waals surface area contributed by atoms with E-state index in [0.29, 0.717) is 29.7 Å². The van der Waals surface area contributed by atoms with Crippen LogP contribution >= 0.6 is 0 Å². The number of ether oxygens (including phenoxy) is 3. The Morgan fingerprint density at radius 2 is 1.77 bits per heavy atom. The molecule has 3 aliphatic carbocycles. The van der Waals surface area contributed by atoms with Crippen molar-refractivity contribution in [1.29, 1.82) is 0 Å². The summed E-state index contributed by atoms with van der Waals surface area (Å²) in [5.74, 6) is -1.58. The maximum atomic E-state index is 14.1. The lowest BCUT2D eigenvalue weighted by Gasteiger charge is -2.62. The molecule has 1 aromatic carbocycles. The molecule has 1 saturated heterocycles. The van der Waals surface area contributed by atoms with Crippen LogP contribution in [0.25, 0.3) is 0 Å². The molecule has 1 aromatic rings. The summed E-state index contributed by atoms with van der Waals surface area (Å²) in [5, 5.41) is 38.1. The van der Waals surface area contributed by atoms with Crippen LogP contribution in [0.2, 0.25) is 0 Å². The number of esters is 1. The van der Waals surface area contributed by atoms with Crippen molar-refractivity contribution in [2.75, 3.05) is 6.61 Å². The molecule has 1 heterocycles. The molecule has 2 saturated carbocycles. The summed E-state index contributed by atoms with van der Waals surface area (Å²) in [5.41, 5.74) is -2.98. The lowest BCUT2D eigenvalue weighted by Crippen LogP contribution is -2.69. The first kappa shape index (κ1) is 32.6. The Morgan fingerprint density at radius 1 is 1.11 bits per heavy atom. The number of fused-ring (bicyclic) bond motifs is 5. The van der Waals surface area contributed by atoms with Gasteiger partial charge in [-0.2, -0.15) is 0 Å². The number of carbonyl (C=O) groups is 3. The van der Waals surface area contributed by atoms with E-state index < -0.39 is 70.1 Å².